The maximum absolute atomic E-state index is 12.9. The first-order chi connectivity index (χ1) is 14.5. The van der Waals surface area contributed by atoms with Gasteiger partial charge in [0.15, 0.2) is 10.8 Å². The number of hydrogen-bond donors (Lipinski definition) is 0. The number of carbonyl (C=O) groups is 1. The van der Waals surface area contributed by atoms with Gasteiger partial charge in [0, 0.05) is 13.1 Å². The SMILES string of the molecule is Cc1ccc2cc(C)c3nnc(SCC(=O)N4CCc5ccccc5C4)n3c2c1C. The van der Waals surface area contributed by atoms with Crippen LogP contribution in [0.1, 0.15) is 27.8 Å². The lowest BCUT2D eigenvalue weighted by Gasteiger charge is -2.28. The van der Waals surface area contributed by atoms with E-state index in [0.29, 0.717) is 12.3 Å². The number of hydrogen-bond acceptors (Lipinski definition) is 4. The van der Waals surface area contributed by atoms with Gasteiger partial charge in [-0.05, 0) is 66.5 Å². The van der Waals surface area contributed by atoms with Crippen LogP contribution in [0.15, 0.2) is 47.6 Å². The summed E-state index contributed by atoms with van der Waals surface area (Å²) in [7, 11) is 0. The third kappa shape index (κ3) is 3.16. The molecule has 5 rings (SSSR count). The second-order valence-corrected chi connectivity index (χ2v) is 8.98. The maximum Gasteiger partial charge on any atom is 0.233 e. The van der Waals surface area contributed by atoms with E-state index in [2.05, 4.69) is 71.8 Å². The van der Waals surface area contributed by atoms with Crippen molar-refractivity contribution in [2.45, 2.75) is 38.9 Å². The average Bonchev–Trinajstić information content (AvgIpc) is 3.19. The number of rotatable bonds is 3. The number of aromatic nitrogens is 3. The van der Waals surface area contributed by atoms with E-state index in [4.69, 9.17) is 0 Å². The molecule has 5 nitrogen and oxygen atoms in total. The number of thioether (sulfide) groups is 1. The molecule has 4 aromatic rings. The third-order valence-electron chi connectivity index (χ3n) is 6.12. The highest BCUT2D eigenvalue weighted by atomic mass is 32.2. The van der Waals surface area contributed by atoms with E-state index in [1.165, 1.54) is 39.4 Å². The highest BCUT2D eigenvalue weighted by Gasteiger charge is 2.22. The van der Waals surface area contributed by atoms with Gasteiger partial charge in [-0.25, -0.2) is 0 Å². The summed E-state index contributed by atoms with van der Waals surface area (Å²) >= 11 is 1.48. The molecule has 3 heterocycles. The number of nitrogens with zero attached hydrogens (tertiary/aromatic N) is 4. The smallest absolute Gasteiger partial charge is 0.233 e. The van der Waals surface area contributed by atoms with Crippen molar-refractivity contribution in [3.8, 4) is 0 Å². The van der Waals surface area contributed by atoms with Gasteiger partial charge in [0.25, 0.3) is 0 Å². The van der Waals surface area contributed by atoms with E-state index < -0.39 is 0 Å². The van der Waals surface area contributed by atoms with Crippen molar-refractivity contribution in [2.24, 2.45) is 0 Å². The summed E-state index contributed by atoms with van der Waals surface area (Å²) in [4.78, 5) is 14.9. The lowest BCUT2D eigenvalue weighted by molar-refractivity contribution is -0.129. The van der Waals surface area contributed by atoms with Crippen LogP contribution in [0.4, 0.5) is 0 Å². The van der Waals surface area contributed by atoms with Gasteiger partial charge < -0.3 is 4.90 Å². The Hall–Kier alpha value is -2.86. The highest BCUT2D eigenvalue weighted by molar-refractivity contribution is 7.99. The molecule has 0 fully saturated rings. The number of benzene rings is 2. The van der Waals surface area contributed by atoms with E-state index in [0.717, 1.165) is 34.8 Å². The van der Waals surface area contributed by atoms with Crippen LogP contribution in [0.3, 0.4) is 0 Å². The summed E-state index contributed by atoms with van der Waals surface area (Å²) in [6.07, 6.45) is 0.919. The third-order valence-corrected chi connectivity index (χ3v) is 7.04. The van der Waals surface area contributed by atoms with Crippen molar-refractivity contribution < 1.29 is 4.79 Å². The lowest BCUT2D eigenvalue weighted by Crippen LogP contribution is -2.37. The molecule has 152 valence electrons. The monoisotopic (exact) mass is 416 g/mol. The van der Waals surface area contributed by atoms with Crippen molar-refractivity contribution in [3.63, 3.8) is 0 Å². The van der Waals surface area contributed by atoms with Gasteiger partial charge in [-0.3, -0.25) is 9.20 Å². The van der Waals surface area contributed by atoms with E-state index in [1.807, 2.05) is 11.0 Å². The van der Waals surface area contributed by atoms with Crippen molar-refractivity contribution in [1.82, 2.24) is 19.5 Å². The van der Waals surface area contributed by atoms with Crippen LogP contribution in [0.5, 0.6) is 0 Å². The molecule has 2 aromatic heterocycles. The topological polar surface area (TPSA) is 50.5 Å². The molecule has 0 N–H and O–H groups in total. The Kier molecular flexibility index (Phi) is 4.74. The van der Waals surface area contributed by atoms with Gasteiger partial charge in [-0.15, -0.1) is 10.2 Å². The van der Waals surface area contributed by atoms with Crippen LogP contribution in [-0.2, 0) is 17.8 Å². The van der Waals surface area contributed by atoms with Gasteiger partial charge in [0.2, 0.25) is 5.91 Å². The summed E-state index contributed by atoms with van der Waals surface area (Å²) in [6, 6.07) is 14.9. The van der Waals surface area contributed by atoms with Gasteiger partial charge >= 0.3 is 0 Å². The molecule has 1 aliphatic heterocycles. The molecule has 0 saturated carbocycles. The van der Waals surface area contributed by atoms with E-state index in [9.17, 15) is 4.79 Å². The Labute approximate surface area is 180 Å². The molecule has 0 saturated heterocycles. The second-order valence-electron chi connectivity index (χ2n) is 8.04. The van der Waals surface area contributed by atoms with Crippen molar-refractivity contribution in [1.29, 1.82) is 0 Å². The Morgan fingerprint density at radius 3 is 2.67 bits per heavy atom. The highest BCUT2D eigenvalue weighted by Crippen LogP contribution is 2.29. The van der Waals surface area contributed by atoms with E-state index in [-0.39, 0.29) is 5.91 Å². The first kappa shape index (κ1) is 19.1. The number of fused-ring (bicyclic) bond motifs is 4. The molecule has 0 unspecified atom stereocenters. The first-order valence-corrected chi connectivity index (χ1v) is 11.2. The Morgan fingerprint density at radius 2 is 1.83 bits per heavy atom. The minimum absolute atomic E-state index is 0.149. The van der Waals surface area contributed by atoms with E-state index in [1.54, 1.807) is 0 Å². The van der Waals surface area contributed by atoms with Gasteiger partial charge in [0.05, 0.1) is 11.3 Å². The summed E-state index contributed by atoms with van der Waals surface area (Å²) in [6.45, 7) is 7.78. The summed E-state index contributed by atoms with van der Waals surface area (Å²) < 4.78 is 2.12. The van der Waals surface area contributed by atoms with E-state index >= 15 is 0 Å². The molecule has 0 atom stereocenters. The van der Waals surface area contributed by atoms with Gasteiger partial charge in [-0.1, -0.05) is 48.2 Å². The first-order valence-electron chi connectivity index (χ1n) is 10.2. The lowest BCUT2D eigenvalue weighted by atomic mass is 10.00. The largest absolute Gasteiger partial charge is 0.337 e. The Morgan fingerprint density at radius 1 is 1.03 bits per heavy atom. The second kappa shape index (κ2) is 7.43. The van der Waals surface area contributed by atoms with Crippen LogP contribution in [0, 0.1) is 20.8 Å². The zero-order chi connectivity index (χ0) is 20.8. The fourth-order valence-electron chi connectivity index (χ4n) is 4.28. The predicted octanol–water partition coefficient (Wildman–Crippen LogP) is 4.48. The fraction of sp³-hybridized carbons (Fsp3) is 0.292. The van der Waals surface area contributed by atoms with Crippen molar-refractivity contribution in [3.05, 3.63) is 70.3 Å². The molecule has 0 spiro atoms. The van der Waals surface area contributed by atoms with Crippen LogP contribution >= 0.6 is 11.8 Å². The zero-order valence-electron chi connectivity index (χ0n) is 17.5. The molecule has 1 aliphatic rings. The minimum Gasteiger partial charge on any atom is -0.337 e. The quantitative estimate of drug-likeness (QED) is 0.462. The predicted molar refractivity (Wildman–Crippen MR) is 121 cm³/mol. The minimum atomic E-state index is 0.149. The normalized spacial score (nSPS) is 13.8. The Bertz CT molecular complexity index is 1290. The summed E-state index contributed by atoms with van der Waals surface area (Å²) in [5.74, 6) is 0.514. The molecule has 30 heavy (non-hydrogen) atoms. The molecule has 1 amide bonds. The molecule has 2 aromatic carbocycles. The van der Waals surface area contributed by atoms with Gasteiger partial charge in [0.1, 0.15) is 0 Å². The molecule has 0 bridgehead atoms. The Balaban J connectivity index is 1.44. The number of pyridine rings is 1. The maximum atomic E-state index is 12.9. The number of aryl methyl sites for hydroxylation is 3. The molecular formula is C24H24N4OS. The summed E-state index contributed by atoms with van der Waals surface area (Å²) in [5.41, 5.74) is 8.14. The fourth-order valence-corrected chi connectivity index (χ4v) is 5.12. The standard InChI is InChI=1S/C24H24N4OS/c1-15-8-9-19-12-16(2)23-25-26-24(28(23)22(19)17(15)3)30-14-21(29)27-11-10-18-6-4-5-7-20(18)13-27/h4-9,12H,10-11,13-14H2,1-3H3. The van der Waals surface area contributed by atoms with Crippen molar-refractivity contribution in [2.75, 3.05) is 12.3 Å². The number of carbonyl (C=O) groups excluding carboxylic acids is 1. The van der Waals surface area contributed by atoms with Crippen LogP contribution < -0.4 is 0 Å². The number of amides is 1. The molecule has 0 aliphatic carbocycles. The molecule has 6 heteroatoms. The average molecular weight is 417 g/mol. The van der Waals surface area contributed by atoms with Crippen LogP contribution in [-0.4, -0.2) is 37.7 Å². The van der Waals surface area contributed by atoms with Crippen LogP contribution in [0.25, 0.3) is 16.6 Å². The molecule has 0 radical (unpaired) electrons. The zero-order valence-corrected chi connectivity index (χ0v) is 18.3. The molecular weight excluding hydrogens is 392 g/mol. The van der Waals surface area contributed by atoms with Gasteiger partial charge in [-0.2, -0.15) is 0 Å². The van der Waals surface area contributed by atoms with Crippen molar-refractivity contribution >= 4 is 34.2 Å². The summed E-state index contributed by atoms with van der Waals surface area (Å²) in [5, 5.41) is 10.8. The van der Waals surface area contributed by atoms with Crippen LogP contribution in [0.2, 0.25) is 0 Å².